The molecule has 0 aliphatic heterocycles. The van der Waals surface area contributed by atoms with Crippen LogP contribution in [0.3, 0.4) is 0 Å². The summed E-state index contributed by atoms with van der Waals surface area (Å²) in [6.45, 7) is 12.4. The third kappa shape index (κ3) is 6.77. The first-order valence-electron chi connectivity index (χ1n) is 6.98. The molecule has 3 heteroatoms. The van der Waals surface area contributed by atoms with E-state index in [0.717, 1.165) is 25.7 Å². The van der Waals surface area contributed by atoms with Gasteiger partial charge in [0.2, 0.25) is 0 Å². The summed E-state index contributed by atoms with van der Waals surface area (Å²) < 4.78 is 5.20. The van der Waals surface area contributed by atoms with Crippen LogP contribution in [0.15, 0.2) is 4.99 Å². The van der Waals surface area contributed by atoms with Crippen LogP contribution in [0.5, 0.6) is 0 Å². The molecule has 0 aromatic heterocycles. The lowest BCUT2D eigenvalue weighted by atomic mass is 9.77. The smallest absolute Gasteiger partial charge is 0.328 e. The highest BCUT2D eigenvalue weighted by Crippen LogP contribution is 2.33. The standard InChI is InChI=1S/C15H29NO2/c1-7-15(8-2,9-3)10-11-16-12-13(17)18-14(4,5)6/h11H,7-10,12H2,1-6H3. The normalized spacial score (nSPS) is 13.0. The van der Waals surface area contributed by atoms with Crippen molar-refractivity contribution < 1.29 is 9.53 Å². The number of hydrogen-bond donors (Lipinski definition) is 0. The molecule has 0 atom stereocenters. The van der Waals surface area contributed by atoms with E-state index < -0.39 is 5.60 Å². The zero-order chi connectivity index (χ0) is 14.2. The number of rotatable bonds is 7. The van der Waals surface area contributed by atoms with Crippen molar-refractivity contribution in [3.63, 3.8) is 0 Å². The summed E-state index contributed by atoms with van der Waals surface area (Å²) in [6, 6.07) is 0. The van der Waals surface area contributed by atoms with Crippen LogP contribution in [0, 0.1) is 5.41 Å². The highest BCUT2D eigenvalue weighted by molar-refractivity contribution is 5.74. The Labute approximate surface area is 112 Å². The third-order valence-electron chi connectivity index (χ3n) is 3.54. The van der Waals surface area contributed by atoms with Gasteiger partial charge in [-0.2, -0.15) is 0 Å². The Morgan fingerprint density at radius 2 is 1.61 bits per heavy atom. The van der Waals surface area contributed by atoms with E-state index in [2.05, 4.69) is 25.8 Å². The van der Waals surface area contributed by atoms with E-state index in [-0.39, 0.29) is 12.5 Å². The van der Waals surface area contributed by atoms with Gasteiger partial charge in [-0.05, 0) is 38.8 Å². The molecule has 0 radical (unpaired) electrons. The second kappa shape index (κ2) is 7.55. The van der Waals surface area contributed by atoms with Crippen LogP contribution in [0.25, 0.3) is 0 Å². The van der Waals surface area contributed by atoms with Gasteiger partial charge in [0.25, 0.3) is 0 Å². The molecule has 0 aliphatic rings. The van der Waals surface area contributed by atoms with Crippen molar-refractivity contribution in [3.8, 4) is 0 Å². The predicted octanol–water partition coefficient (Wildman–Crippen LogP) is 4.01. The average Bonchev–Trinajstić information content (AvgIpc) is 2.28. The zero-order valence-electron chi connectivity index (χ0n) is 12.9. The Balaban J connectivity index is 4.15. The topological polar surface area (TPSA) is 38.7 Å². The molecule has 0 spiro atoms. The Morgan fingerprint density at radius 1 is 1.11 bits per heavy atom. The van der Waals surface area contributed by atoms with E-state index in [1.165, 1.54) is 0 Å². The number of esters is 1. The van der Waals surface area contributed by atoms with Crippen molar-refractivity contribution in [2.24, 2.45) is 10.4 Å². The predicted molar refractivity (Wildman–Crippen MR) is 77.1 cm³/mol. The van der Waals surface area contributed by atoms with E-state index in [4.69, 9.17) is 4.74 Å². The van der Waals surface area contributed by atoms with Gasteiger partial charge in [0.1, 0.15) is 12.1 Å². The summed E-state index contributed by atoms with van der Waals surface area (Å²) in [5.41, 5.74) is -0.0793. The molecule has 0 N–H and O–H groups in total. The molecule has 0 rings (SSSR count). The highest BCUT2D eigenvalue weighted by atomic mass is 16.6. The number of nitrogens with zero attached hydrogens (tertiary/aromatic N) is 1. The minimum absolute atomic E-state index is 0.129. The summed E-state index contributed by atoms with van der Waals surface area (Å²) in [7, 11) is 0. The summed E-state index contributed by atoms with van der Waals surface area (Å²) in [4.78, 5) is 15.6. The van der Waals surface area contributed by atoms with E-state index in [9.17, 15) is 4.79 Å². The van der Waals surface area contributed by atoms with Crippen LogP contribution >= 0.6 is 0 Å². The number of aliphatic imine (C=N–C) groups is 1. The molecule has 0 saturated carbocycles. The molecule has 106 valence electrons. The molecule has 0 unspecified atom stereocenters. The van der Waals surface area contributed by atoms with Gasteiger partial charge in [-0.15, -0.1) is 0 Å². The van der Waals surface area contributed by atoms with Gasteiger partial charge in [-0.3, -0.25) is 9.79 Å². The van der Waals surface area contributed by atoms with Gasteiger partial charge >= 0.3 is 5.97 Å². The van der Waals surface area contributed by atoms with E-state index in [1.54, 1.807) is 0 Å². The fourth-order valence-electron chi connectivity index (χ4n) is 1.95. The maximum Gasteiger partial charge on any atom is 0.328 e. The van der Waals surface area contributed by atoms with Crippen LogP contribution in [0.1, 0.15) is 67.2 Å². The first kappa shape index (κ1) is 17.1. The van der Waals surface area contributed by atoms with Crippen LogP contribution < -0.4 is 0 Å². The SMILES string of the molecule is CCC(CC)(CC)CC=NCC(=O)OC(C)(C)C. The largest absolute Gasteiger partial charge is 0.459 e. The van der Waals surface area contributed by atoms with Crippen molar-refractivity contribution in [2.45, 2.75) is 72.8 Å². The lowest BCUT2D eigenvalue weighted by molar-refractivity contribution is -0.152. The quantitative estimate of drug-likeness (QED) is 0.509. The fraction of sp³-hybridized carbons (Fsp3) is 0.867. The summed E-state index contributed by atoms with van der Waals surface area (Å²) >= 11 is 0. The molecule has 0 bridgehead atoms. The summed E-state index contributed by atoms with van der Waals surface area (Å²) in [6.07, 6.45) is 6.29. The van der Waals surface area contributed by atoms with Gasteiger partial charge in [-0.25, -0.2) is 0 Å². The number of carbonyl (C=O) groups excluding carboxylic acids is 1. The Kier molecular flexibility index (Phi) is 7.19. The van der Waals surface area contributed by atoms with Crippen molar-refractivity contribution in [3.05, 3.63) is 0 Å². The summed E-state index contributed by atoms with van der Waals surface area (Å²) in [5, 5.41) is 0. The van der Waals surface area contributed by atoms with Crippen LogP contribution in [-0.2, 0) is 9.53 Å². The second-order valence-electron chi connectivity index (χ2n) is 5.87. The van der Waals surface area contributed by atoms with Gasteiger partial charge in [0, 0.05) is 0 Å². The maximum absolute atomic E-state index is 11.5. The molecule has 0 fully saturated rings. The van der Waals surface area contributed by atoms with Crippen molar-refractivity contribution in [2.75, 3.05) is 6.54 Å². The molecular weight excluding hydrogens is 226 g/mol. The van der Waals surface area contributed by atoms with Crippen LogP contribution in [-0.4, -0.2) is 24.3 Å². The third-order valence-corrected chi connectivity index (χ3v) is 3.54. The highest BCUT2D eigenvalue weighted by Gasteiger charge is 2.22. The maximum atomic E-state index is 11.5. The Morgan fingerprint density at radius 3 is 2.00 bits per heavy atom. The van der Waals surface area contributed by atoms with Crippen molar-refractivity contribution >= 4 is 12.2 Å². The monoisotopic (exact) mass is 255 g/mol. The summed E-state index contributed by atoms with van der Waals surface area (Å²) in [5.74, 6) is -0.256. The van der Waals surface area contributed by atoms with Gasteiger partial charge in [0.15, 0.2) is 0 Å². The van der Waals surface area contributed by atoms with Crippen molar-refractivity contribution in [1.82, 2.24) is 0 Å². The zero-order valence-corrected chi connectivity index (χ0v) is 12.9. The minimum Gasteiger partial charge on any atom is -0.459 e. The fourth-order valence-corrected chi connectivity index (χ4v) is 1.95. The van der Waals surface area contributed by atoms with Gasteiger partial charge in [0.05, 0.1) is 0 Å². The first-order chi connectivity index (χ1) is 8.28. The molecule has 3 nitrogen and oxygen atoms in total. The molecule has 18 heavy (non-hydrogen) atoms. The number of carbonyl (C=O) groups is 1. The lowest BCUT2D eigenvalue weighted by Gasteiger charge is -2.28. The van der Waals surface area contributed by atoms with Gasteiger partial charge < -0.3 is 4.74 Å². The van der Waals surface area contributed by atoms with Crippen molar-refractivity contribution in [1.29, 1.82) is 0 Å². The van der Waals surface area contributed by atoms with Crippen LogP contribution in [0.4, 0.5) is 0 Å². The average molecular weight is 255 g/mol. The van der Waals surface area contributed by atoms with Crippen LogP contribution in [0.2, 0.25) is 0 Å². The molecule has 0 heterocycles. The molecule has 0 aromatic rings. The van der Waals surface area contributed by atoms with Gasteiger partial charge in [-0.1, -0.05) is 40.0 Å². The molecule has 0 saturated heterocycles. The second-order valence-corrected chi connectivity index (χ2v) is 5.87. The van der Waals surface area contributed by atoms with E-state index in [0.29, 0.717) is 5.41 Å². The lowest BCUT2D eigenvalue weighted by Crippen LogP contribution is -2.25. The first-order valence-corrected chi connectivity index (χ1v) is 6.98. The Bertz CT molecular complexity index is 264. The number of hydrogen-bond acceptors (Lipinski definition) is 3. The Hall–Kier alpha value is -0.860. The molecular formula is C15H29NO2. The van der Waals surface area contributed by atoms with E-state index in [1.807, 2.05) is 27.0 Å². The molecule has 0 aliphatic carbocycles. The molecule has 0 aromatic carbocycles. The minimum atomic E-state index is -0.424. The number of ether oxygens (including phenoxy) is 1. The molecule has 0 amide bonds. The van der Waals surface area contributed by atoms with E-state index >= 15 is 0 Å².